The molecule has 0 spiro atoms. The third-order valence-corrected chi connectivity index (χ3v) is 2.64. The second-order valence-electron chi connectivity index (χ2n) is 3.50. The first-order chi connectivity index (χ1) is 5.69. The van der Waals surface area contributed by atoms with Crippen LogP contribution in [-0.2, 0) is 4.57 Å². The average Bonchev–Trinajstić information content (AvgIpc) is 1.98. The molecular formula is C9H15O3P. The SMILES string of the molecule is C#CC(C)(C)C(C)=CCP(=O)(O)O. The molecule has 0 amide bonds. The molecule has 0 aliphatic carbocycles. The lowest BCUT2D eigenvalue weighted by Crippen LogP contribution is -2.09. The molecule has 0 heterocycles. The van der Waals surface area contributed by atoms with Crippen molar-refractivity contribution < 1.29 is 14.4 Å². The van der Waals surface area contributed by atoms with Gasteiger partial charge in [0.05, 0.1) is 6.16 Å². The summed E-state index contributed by atoms with van der Waals surface area (Å²) in [4.78, 5) is 17.2. The van der Waals surface area contributed by atoms with Gasteiger partial charge in [0.25, 0.3) is 0 Å². The zero-order valence-corrected chi connectivity index (χ0v) is 9.01. The number of rotatable bonds is 3. The summed E-state index contributed by atoms with van der Waals surface area (Å²) in [5.74, 6) is 2.56. The highest BCUT2D eigenvalue weighted by Gasteiger charge is 2.18. The number of hydrogen-bond donors (Lipinski definition) is 2. The fourth-order valence-corrected chi connectivity index (χ4v) is 1.14. The van der Waals surface area contributed by atoms with E-state index in [-0.39, 0.29) is 6.16 Å². The van der Waals surface area contributed by atoms with Gasteiger partial charge in [0, 0.05) is 5.41 Å². The van der Waals surface area contributed by atoms with Crippen molar-refractivity contribution in [2.24, 2.45) is 5.41 Å². The van der Waals surface area contributed by atoms with Crippen LogP contribution in [0.2, 0.25) is 0 Å². The van der Waals surface area contributed by atoms with Gasteiger partial charge in [0.2, 0.25) is 0 Å². The van der Waals surface area contributed by atoms with Crippen molar-refractivity contribution in [3.8, 4) is 12.3 Å². The summed E-state index contributed by atoms with van der Waals surface area (Å²) in [6, 6.07) is 0. The zero-order chi connectivity index (χ0) is 10.7. The van der Waals surface area contributed by atoms with Gasteiger partial charge in [-0.3, -0.25) is 4.57 Å². The highest BCUT2D eigenvalue weighted by atomic mass is 31.2. The van der Waals surface area contributed by atoms with Crippen molar-refractivity contribution in [3.63, 3.8) is 0 Å². The minimum atomic E-state index is -3.94. The molecule has 0 atom stereocenters. The van der Waals surface area contributed by atoms with E-state index < -0.39 is 13.0 Å². The van der Waals surface area contributed by atoms with Crippen molar-refractivity contribution >= 4 is 7.60 Å². The van der Waals surface area contributed by atoms with E-state index in [2.05, 4.69) is 5.92 Å². The van der Waals surface area contributed by atoms with Gasteiger partial charge in [-0.15, -0.1) is 6.42 Å². The standard InChI is InChI=1S/C9H15O3P/c1-5-9(3,4)8(2)6-7-13(10,11)12/h1,6H,7H2,2-4H3,(H2,10,11,12). The lowest BCUT2D eigenvalue weighted by Gasteiger charge is -2.18. The molecule has 0 unspecified atom stereocenters. The summed E-state index contributed by atoms with van der Waals surface area (Å²) in [6.45, 7) is 5.44. The van der Waals surface area contributed by atoms with Gasteiger partial charge in [-0.05, 0) is 20.8 Å². The molecule has 4 heteroatoms. The molecule has 3 nitrogen and oxygen atoms in total. The lowest BCUT2D eigenvalue weighted by atomic mass is 9.86. The van der Waals surface area contributed by atoms with Gasteiger partial charge in [-0.1, -0.05) is 17.6 Å². The first-order valence-electron chi connectivity index (χ1n) is 3.88. The van der Waals surface area contributed by atoms with E-state index in [4.69, 9.17) is 16.2 Å². The highest BCUT2D eigenvalue weighted by Crippen LogP contribution is 2.36. The molecule has 0 bridgehead atoms. The van der Waals surface area contributed by atoms with Crippen LogP contribution in [0.4, 0.5) is 0 Å². The van der Waals surface area contributed by atoms with Crippen LogP contribution in [0.3, 0.4) is 0 Å². The molecule has 0 aromatic carbocycles. The number of terminal acetylenes is 1. The highest BCUT2D eigenvalue weighted by molar-refractivity contribution is 7.51. The maximum Gasteiger partial charge on any atom is 0.329 e. The van der Waals surface area contributed by atoms with Crippen molar-refractivity contribution in [3.05, 3.63) is 11.6 Å². The quantitative estimate of drug-likeness (QED) is 0.416. The Balaban J connectivity index is 4.55. The van der Waals surface area contributed by atoms with E-state index >= 15 is 0 Å². The summed E-state index contributed by atoms with van der Waals surface area (Å²) in [6.07, 6.45) is 6.52. The first-order valence-corrected chi connectivity index (χ1v) is 5.68. The van der Waals surface area contributed by atoms with Crippen LogP contribution >= 0.6 is 7.60 Å². The van der Waals surface area contributed by atoms with Gasteiger partial charge in [-0.2, -0.15) is 0 Å². The normalized spacial score (nSPS) is 14.0. The Bertz CT molecular complexity index is 290. The second kappa shape index (κ2) is 4.11. The van der Waals surface area contributed by atoms with E-state index in [1.807, 2.05) is 13.8 Å². The molecule has 0 aliphatic heterocycles. The van der Waals surface area contributed by atoms with Gasteiger partial charge in [0.15, 0.2) is 0 Å². The Labute approximate surface area is 79.0 Å². The summed E-state index contributed by atoms with van der Waals surface area (Å²) >= 11 is 0. The molecule has 0 aliphatic rings. The van der Waals surface area contributed by atoms with Crippen molar-refractivity contribution in [2.75, 3.05) is 6.16 Å². The number of hydrogen-bond acceptors (Lipinski definition) is 1. The third-order valence-electron chi connectivity index (χ3n) is 1.98. The summed E-state index contributed by atoms with van der Waals surface area (Å²) in [7, 11) is -3.94. The maximum atomic E-state index is 10.5. The fraction of sp³-hybridized carbons (Fsp3) is 0.556. The molecule has 0 saturated heterocycles. The van der Waals surface area contributed by atoms with Crippen molar-refractivity contribution in [1.82, 2.24) is 0 Å². The van der Waals surface area contributed by atoms with Crippen LogP contribution in [0.5, 0.6) is 0 Å². The Kier molecular flexibility index (Phi) is 3.93. The molecule has 0 aromatic rings. The van der Waals surface area contributed by atoms with E-state index in [9.17, 15) is 4.57 Å². The average molecular weight is 202 g/mol. The van der Waals surface area contributed by atoms with E-state index in [1.54, 1.807) is 6.92 Å². The molecule has 13 heavy (non-hydrogen) atoms. The lowest BCUT2D eigenvalue weighted by molar-refractivity contribution is 0.376. The molecule has 0 radical (unpaired) electrons. The molecule has 0 rings (SSSR count). The minimum Gasteiger partial charge on any atom is -0.324 e. The Hall–Kier alpha value is -0.550. The summed E-state index contributed by atoms with van der Waals surface area (Å²) in [5.41, 5.74) is 0.369. The monoisotopic (exact) mass is 202 g/mol. The molecular weight excluding hydrogens is 187 g/mol. The van der Waals surface area contributed by atoms with Crippen molar-refractivity contribution in [2.45, 2.75) is 20.8 Å². The van der Waals surface area contributed by atoms with Crippen LogP contribution in [0.1, 0.15) is 20.8 Å². The Morgan fingerprint density at radius 2 is 2.08 bits per heavy atom. The van der Waals surface area contributed by atoms with Crippen molar-refractivity contribution in [1.29, 1.82) is 0 Å². The fourth-order valence-electron chi connectivity index (χ4n) is 0.625. The molecule has 2 N–H and O–H groups in total. The first kappa shape index (κ1) is 12.4. The van der Waals surface area contributed by atoms with Gasteiger partial charge in [0.1, 0.15) is 0 Å². The van der Waals surface area contributed by atoms with Gasteiger partial charge < -0.3 is 9.79 Å². The van der Waals surface area contributed by atoms with Crippen LogP contribution < -0.4 is 0 Å². The second-order valence-corrected chi connectivity index (χ2v) is 5.20. The number of allylic oxidation sites excluding steroid dienone is 2. The van der Waals surface area contributed by atoms with Crippen LogP contribution in [-0.4, -0.2) is 15.9 Å². The topological polar surface area (TPSA) is 57.5 Å². The van der Waals surface area contributed by atoms with Crippen LogP contribution in [0, 0.1) is 17.8 Å². The summed E-state index contributed by atoms with van der Waals surface area (Å²) < 4.78 is 10.5. The third kappa shape index (κ3) is 4.90. The molecule has 0 fully saturated rings. The predicted molar refractivity (Wildman–Crippen MR) is 53.3 cm³/mol. The Morgan fingerprint density at radius 3 is 2.38 bits per heavy atom. The molecule has 0 saturated carbocycles. The maximum absolute atomic E-state index is 10.5. The molecule has 74 valence electrons. The Morgan fingerprint density at radius 1 is 1.62 bits per heavy atom. The van der Waals surface area contributed by atoms with Crippen LogP contribution in [0.15, 0.2) is 11.6 Å². The van der Waals surface area contributed by atoms with E-state index in [0.717, 1.165) is 5.57 Å². The predicted octanol–water partition coefficient (Wildman–Crippen LogP) is 1.77. The largest absolute Gasteiger partial charge is 0.329 e. The summed E-state index contributed by atoms with van der Waals surface area (Å²) in [5, 5.41) is 0. The van der Waals surface area contributed by atoms with Gasteiger partial charge in [-0.25, -0.2) is 0 Å². The van der Waals surface area contributed by atoms with E-state index in [0.29, 0.717) is 0 Å². The smallest absolute Gasteiger partial charge is 0.324 e. The molecule has 0 aromatic heterocycles. The van der Waals surface area contributed by atoms with Gasteiger partial charge >= 0.3 is 7.60 Å². The van der Waals surface area contributed by atoms with Crippen LogP contribution in [0.25, 0.3) is 0 Å². The zero-order valence-electron chi connectivity index (χ0n) is 8.11. The minimum absolute atomic E-state index is 0.246. The van der Waals surface area contributed by atoms with E-state index in [1.165, 1.54) is 6.08 Å².